The van der Waals surface area contributed by atoms with Crippen LogP contribution in [-0.2, 0) is 0 Å². The summed E-state index contributed by atoms with van der Waals surface area (Å²) in [6.07, 6.45) is 8.71. The van der Waals surface area contributed by atoms with Crippen LogP contribution in [0.3, 0.4) is 0 Å². The normalized spacial score (nSPS) is 19.2. The smallest absolute Gasteiger partial charge is 0.0458 e. The SMILES string of the molecule is N[C@@H](c1c[nH]c2ccc(Br)cc12)C1CCCCC1. The fraction of sp³-hybridized carbons (Fsp3) is 0.467. The quantitative estimate of drug-likeness (QED) is 0.842. The van der Waals surface area contributed by atoms with Gasteiger partial charge < -0.3 is 10.7 Å². The lowest BCUT2D eigenvalue weighted by molar-refractivity contribution is 0.309. The Morgan fingerprint density at radius 2 is 2.00 bits per heavy atom. The summed E-state index contributed by atoms with van der Waals surface area (Å²) in [5.41, 5.74) is 8.95. The second-order valence-corrected chi connectivity index (χ2v) is 6.27. The van der Waals surface area contributed by atoms with Gasteiger partial charge in [-0.25, -0.2) is 0 Å². The molecule has 1 aliphatic rings. The summed E-state index contributed by atoms with van der Waals surface area (Å²) < 4.78 is 1.12. The third-order valence-electron chi connectivity index (χ3n) is 4.19. The lowest BCUT2D eigenvalue weighted by Crippen LogP contribution is -2.23. The molecule has 0 aliphatic heterocycles. The fourth-order valence-electron chi connectivity index (χ4n) is 3.14. The Hall–Kier alpha value is -0.800. The van der Waals surface area contributed by atoms with Gasteiger partial charge in [-0.15, -0.1) is 0 Å². The van der Waals surface area contributed by atoms with Gasteiger partial charge in [-0.3, -0.25) is 0 Å². The van der Waals surface area contributed by atoms with E-state index in [-0.39, 0.29) is 6.04 Å². The number of benzene rings is 1. The summed E-state index contributed by atoms with van der Waals surface area (Å²) in [5.74, 6) is 0.650. The average Bonchev–Trinajstić information content (AvgIpc) is 2.82. The average molecular weight is 307 g/mol. The zero-order chi connectivity index (χ0) is 12.5. The summed E-state index contributed by atoms with van der Waals surface area (Å²) >= 11 is 3.54. The molecule has 1 aliphatic carbocycles. The van der Waals surface area contributed by atoms with Gasteiger partial charge in [0.1, 0.15) is 0 Å². The van der Waals surface area contributed by atoms with Crippen LogP contribution in [0, 0.1) is 5.92 Å². The summed E-state index contributed by atoms with van der Waals surface area (Å²) in [4.78, 5) is 3.33. The molecule has 0 radical (unpaired) electrons. The highest BCUT2D eigenvalue weighted by molar-refractivity contribution is 9.10. The van der Waals surface area contributed by atoms with Crippen molar-refractivity contribution in [1.29, 1.82) is 0 Å². The largest absolute Gasteiger partial charge is 0.361 e. The molecule has 96 valence electrons. The van der Waals surface area contributed by atoms with E-state index in [1.54, 1.807) is 0 Å². The van der Waals surface area contributed by atoms with Gasteiger partial charge in [0.25, 0.3) is 0 Å². The minimum atomic E-state index is 0.174. The molecule has 1 fully saturated rings. The highest BCUT2D eigenvalue weighted by Gasteiger charge is 2.23. The van der Waals surface area contributed by atoms with Crippen molar-refractivity contribution < 1.29 is 0 Å². The summed E-state index contributed by atoms with van der Waals surface area (Å²) in [7, 11) is 0. The van der Waals surface area contributed by atoms with Crippen molar-refractivity contribution in [1.82, 2.24) is 4.98 Å². The zero-order valence-corrected chi connectivity index (χ0v) is 12.0. The van der Waals surface area contributed by atoms with Crippen molar-refractivity contribution in [2.45, 2.75) is 38.1 Å². The summed E-state index contributed by atoms with van der Waals surface area (Å²) in [6, 6.07) is 6.52. The minimum Gasteiger partial charge on any atom is -0.361 e. The van der Waals surface area contributed by atoms with Gasteiger partial charge >= 0.3 is 0 Å². The molecule has 1 atom stereocenters. The Labute approximate surface area is 116 Å². The number of aromatic amines is 1. The predicted molar refractivity (Wildman–Crippen MR) is 79.5 cm³/mol. The summed E-state index contributed by atoms with van der Waals surface area (Å²) in [6.45, 7) is 0. The Bertz CT molecular complexity index is 540. The second-order valence-electron chi connectivity index (χ2n) is 5.36. The number of rotatable bonds is 2. The van der Waals surface area contributed by atoms with Crippen LogP contribution in [-0.4, -0.2) is 4.98 Å². The summed E-state index contributed by atoms with van der Waals surface area (Å²) in [5, 5.41) is 1.27. The highest BCUT2D eigenvalue weighted by atomic mass is 79.9. The first-order chi connectivity index (χ1) is 8.75. The molecule has 1 aromatic heterocycles. The molecule has 0 saturated heterocycles. The number of aromatic nitrogens is 1. The van der Waals surface area contributed by atoms with Crippen LogP contribution in [0.4, 0.5) is 0 Å². The first-order valence-corrected chi connectivity index (χ1v) is 7.57. The van der Waals surface area contributed by atoms with Crippen LogP contribution in [0.1, 0.15) is 43.7 Å². The van der Waals surface area contributed by atoms with Crippen molar-refractivity contribution >= 4 is 26.8 Å². The van der Waals surface area contributed by atoms with E-state index in [1.807, 2.05) is 0 Å². The lowest BCUT2D eigenvalue weighted by Gasteiger charge is -2.27. The Morgan fingerprint density at radius 3 is 2.78 bits per heavy atom. The highest BCUT2D eigenvalue weighted by Crippen LogP contribution is 2.36. The molecule has 0 unspecified atom stereocenters. The molecule has 2 nitrogen and oxygen atoms in total. The van der Waals surface area contributed by atoms with Gasteiger partial charge in [-0.05, 0) is 42.5 Å². The van der Waals surface area contributed by atoms with E-state index in [4.69, 9.17) is 5.73 Å². The van der Waals surface area contributed by atoms with Crippen molar-refractivity contribution in [2.75, 3.05) is 0 Å². The first kappa shape index (κ1) is 12.2. The molecular weight excluding hydrogens is 288 g/mol. The van der Waals surface area contributed by atoms with Crippen molar-refractivity contribution in [3.05, 3.63) is 34.4 Å². The van der Waals surface area contributed by atoms with Crippen molar-refractivity contribution in [2.24, 2.45) is 11.7 Å². The van der Waals surface area contributed by atoms with Gasteiger partial charge in [0.2, 0.25) is 0 Å². The molecule has 3 heteroatoms. The molecule has 0 bridgehead atoms. The number of H-pyrrole nitrogens is 1. The van der Waals surface area contributed by atoms with Crippen molar-refractivity contribution in [3.63, 3.8) is 0 Å². The van der Waals surface area contributed by atoms with E-state index in [9.17, 15) is 0 Å². The molecule has 1 heterocycles. The third-order valence-corrected chi connectivity index (χ3v) is 4.69. The lowest BCUT2D eigenvalue weighted by atomic mass is 9.81. The molecule has 0 spiro atoms. The van der Waals surface area contributed by atoms with Crippen LogP contribution in [0.2, 0.25) is 0 Å². The van der Waals surface area contributed by atoms with Gasteiger partial charge in [-0.2, -0.15) is 0 Å². The van der Waals surface area contributed by atoms with Crippen LogP contribution < -0.4 is 5.73 Å². The van der Waals surface area contributed by atoms with E-state index in [2.05, 4.69) is 45.3 Å². The molecule has 18 heavy (non-hydrogen) atoms. The third kappa shape index (κ3) is 2.21. The maximum Gasteiger partial charge on any atom is 0.0458 e. The Morgan fingerprint density at radius 1 is 1.22 bits per heavy atom. The number of fused-ring (bicyclic) bond motifs is 1. The second kappa shape index (κ2) is 5.06. The van der Waals surface area contributed by atoms with E-state index in [1.165, 1.54) is 48.6 Å². The van der Waals surface area contributed by atoms with Crippen LogP contribution >= 0.6 is 15.9 Å². The minimum absolute atomic E-state index is 0.174. The van der Waals surface area contributed by atoms with E-state index < -0.39 is 0 Å². The zero-order valence-electron chi connectivity index (χ0n) is 10.5. The van der Waals surface area contributed by atoms with E-state index in [0.717, 1.165) is 4.47 Å². The molecule has 3 N–H and O–H groups in total. The predicted octanol–water partition coefficient (Wildman–Crippen LogP) is 4.51. The standard InChI is InChI=1S/C15H19BrN2/c16-11-6-7-14-12(8-11)13(9-18-14)15(17)10-4-2-1-3-5-10/h6-10,15,18H,1-5,17H2/t15-/m1/s1. The van der Waals surface area contributed by atoms with Gasteiger partial charge in [-0.1, -0.05) is 35.2 Å². The fourth-order valence-corrected chi connectivity index (χ4v) is 3.50. The number of hydrogen-bond donors (Lipinski definition) is 2. The number of hydrogen-bond acceptors (Lipinski definition) is 1. The molecule has 1 aromatic carbocycles. The number of nitrogens with two attached hydrogens (primary N) is 1. The Kier molecular flexibility index (Phi) is 3.44. The van der Waals surface area contributed by atoms with Gasteiger partial charge in [0, 0.05) is 27.6 Å². The number of halogens is 1. The van der Waals surface area contributed by atoms with E-state index in [0.29, 0.717) is 5.92 Å². The maximum absolute atomic E-state index is 6.50. The molecule has 1 saturated carbocycles. The monoisotopic (exact) mass is 306 g/mol. The number of nitrogens with one attached hydrogen (secondary N) is 1. The van der Waals surface area contributed by atoms with Gasteiger partial charge in [0.15, 0.2) is 0 Å². The van der Waals surface area contributed by atoms with Crippen LogP contribution in [0.15, 0.2) is 28.9 Å². The molecular formula is C15H19BrN2. The first-order valence-electron chi connectivity index (χ1n) is 6.78. The Balaban J connectivity index is 1.95. The van der Waals surface area contributed by atoms with E-state index >= 15 is 0 Å². The molecule has 3 rings (SSSR count). The van der Waals surface area contributed by atoms with Crippen molar-refractivity contribution in [3.8, 4) is 0 Å². The maximum atomic E-state index is 6.50. The van der Waals surface area contributed by atoms with Gasteiger partial charge in [0.05, 0.1) is 0 Å². The molecule has 2 aromatic rings. The topological polar surface area (TPSA) is 41.8 Å². The van der Waals surface area contributed by atoms with Crippen LogP contribution in [0.25, 0.3) is 10.9 Å². The van der Waals surface area contributed by atoms with Crippen LogP contribution in [0.5, 0.6) is 0 Å². The molecule has 0 amide bonds.